The number of carbonyl (C=O) groups excluding carboxylic acids is 2. The second-order valence-electron chi connectivity index (χ2n) is 9.64. The van der Waals surface area contributed by atoms with E-state index >= 15 is 0 Å². The van der Waals surface area contributed by atoms with Crippen molar-refractivity contribution >= 4 is 17.5 Å². The molecule has 8 nitrogen and oxygen atoms in total. The van der Waals surface area contributed by atoms with Crippen molar-refractivity contribution in [1.82, 2.24) is 20.4 Å². The average molecular weight is 444 g/mol. The first kappa shape index (κ1) is 23.0. The standard InChI is InChI=1S/C24H37N5O3/c1-27(2)19-5-3-17(4-6-19)14-25-18-13-22-24(32)26-15-20(29(22)16-18)7-8-23(31)28-11-9-21(30)10-12-28/h3-6,18,20-22,25,30H,7-16H2,1-2H3,(H,26,32). The molecule has 3 aliphatic rings. The molecule has 0 saturated carbocycles. The third-order valence-electron chi connectivity index (χ3n) is 7.18. The maximum Gasteiger partial charge on any atom is 0.237 e. The number of anilines is 1. The SMILES string of the molecule is CN(C)c1ccc(CNC2CC3C(=O)NCC(CCC(=O)N4CCC(O)CC4)N3C2)cc1. The van der Waals surface area contributed by atoms with E-state index in [-0.39, 0.29) is 36.0 Å². The van der Waals surface area contributed by atoms with Crippen LogP contribution in [0.15, 0.2) is 24.3 Å². The Kier molecular flexibility index (Phi) is 7.33. The Hall–Kier alpha value is -2.16. The fourth-order valence-corrected chi connectivity index (χ4v) is 5.13. The van der Waals surface area contributed by atoms with Crippen molar-refractivity contribution < 1.29 is 14.7 Å². The average Bonchev–Trinajstić information content (AvgIpc) is 3.23. The lowest BCUT2D eigenvalue weighted by Crippen LogP contribution is -2.58. The number of benzene rings is 1. The highest BCUT2D eigenvalue weighted by molar-refractivity contribution is 5.83. The Bertz CT molecular complexity index is 791. The lowest BCUT2D eigenvalue weighted by atomic mass is 10.0. The van der Waals surface area contributed by atoms with Gasteiger partial charge >= 0.3 is 0 Å². The van der Waals surface area contributed by atoms with Gasteiger partial charge in [-0.25, -0.2) is 0 Å². The Morgan fingerprint density at radius 3 is 2.62 bits per heavy atom. The third kappa shape index (κ3) is 5.42. The Labute approximate surface area is 190 Å². The zero-order chi connectivity index (χ0) is 22.7. The summed E-state index contributed by atoms with van der Waals surface area (Å²) in [6, 6.07) is 8.89. The zero-order valence-electron chi connectivity index (χ0n) is 19.3. The van der Waals surface area contributed by atoms with Gasteiger partial charge in [0.25, 0.3) is 0 Å². The van der Waals surface area contributed by atoms with E-state index in [1.165, 1.54) is 11.3 Å². The number of fused-ring (bicyclic) bond motifs is 1. The molecule has 0 bridgehead atoms. The predicted octanol–water partition coefficient (Wildman–Crippen LogP) is 0.547. The smallest absolute Gasteiger partial charge is 0.237 e. The molecule has 32 heavy (non-hydrogen) atoms. The molecule has 3 unspecified atom stereocenters. The molecule has 1 aromatic carbocycles. The van der Waals surface area contributed by atoms with Crippen molar-refractivity contribution in [2.75, 3.05) is 45.2 Å². The molecule has 3 N–H and O–H groups in total. The quantitative estimate of drug-likeness (QED) is 0.570. The van der Waals surface area contributed by atoms with Crippen LogP contribution in [0.4, 0.5) is 5.69 Å². The largest absolute Gasteiger partial charge is 0.393 e. The van der Waals surface area contributed by atoms with Gasteiger partial charge in [0.1, 0.15) is 0 Å². The molecule has 2 amide bonds. The van der Waals surface area contributed by atoms with E-state index in [4.69, 9.17) is 0 Å². The van der Waals surface area contributed by atoms with Gasteiger partial charge in [0.05, 0.1) is 12.1 Å². The van der Waals surface area contributed by atoms with Crippen LogP contribution >= 0.6 is 0 Å². The molecule has 1 aromatic rings. The van der Waals surface area contributed by atoms with Gasteiger partial charge in [-0.15, -0.1) is 0 Å². The molecule has 176 valence electrons. The predicted molar refractivity (Wildman–Crippen MR) is 124 cm³/mol. The summed E-state index contributed by atoms with van der Waals surface area (Å²) in [6.07, 6.45) is 3.13. The summed E-state index contributed by atoms with van der Waals surface area (Å²) in [4.78, 5) is 31.4. The van der Waals surface area contributed by atoms with Gasteiger partial charge in [-0.05, 0) is 43.4 Å². The summed E-state index contributed by atoms with van der Waals surface area (Å²) in [5.74, 6) is 0.276. The van der Waals surface area contributed by atoms with E-state index < -0.39 is 0 Å². The first-order valence-electron chi connectivity index (χ1n) is 11.9. The van der Waals surface area contributed by atoms with Crippen molar-refractivity contribution in [1.29, 1.82) is 0 Å². The first-order chi connectivity index (χ1) is 15.4. The number of nitrogens with one attached hydrogen (secondary N) is 2. The number of amides is 2. The minimum Gasteiger partial charge on any atom is -0.393 e. The number of aliphatic hydroxyl groups is 1. The molecule has 8 heteroatoms. The highest BCUT2D eigenvalue weighted by Crippen LogP contribution is 2.26. The highest BCUT2D eigenvalue weighted by atomic mass is 16.3. The van der Waals surface area contributed by atoms with Gasteiger partial charge < -0.3 is 25.5 Å². The van der Waals surface area contributed by atoms with Gasteiger partial charge in [0, 0.05) is 71.0 Å². The van der Waals surface area contributed by atoms with Crippen molar-refractivity contribution in [3.05, 3.63) is 29.8 Å². The second-order valence-corrected chi connectivity index (χ2v) is 9.64. The van der Waals surface area contributed by atoms with E-state index in [1.807, 2.05) is 19.0 Å². The Balaban J connectivity index is 1.27. The van der Waals surface area contributed by atoms with Crippen LogP contribution in [0.25, 0.3) is 0 Å². The van der Waals surface area contributed by atoms with Gasteiger partial charge in [0.15, 0.2) is 0 Å². The van der Waals surface area contributed by atoms with E-state index in [9.17, 15) is 14.7 Å². The number of likely N-dealkylation sites (tertiary alicyclic amines) is 1. The molecule has 3 aliphatic heterocycles. The number of rotatable bonds is 7. The summed E-state index contributed by atoms with van der Waals surface area (Å²) in [6.45, 7) is 3.53. The maximum absolute atomic E-state index is 12.6. The number of hydrogen-bond acceptors (Lipinski definition) is 6. The molecule has 4 rings (SSSR count). The van der Waals surface area contributed by atoms with Crippen LogP contribution in [-0.2, 0) is 16.1 Å². The third-order valence-corrected chi connectivity index (χ3v) is 7.18. The molecule has 3 saturated heterocycles. The van der Waals surface area contributed by atoms with Gasteiger partial charge in [-0.3, -0.25) is 14.5 Å². The number of piperazine rings is 1. The van der Waals surface area contributed by atoms with E-state index in [0.717, 1.165) is 25.9 Å². The zero-order valence-corrected chi connectivity index (χ0v) is 19.3. The van der Waals surface area contributed by atoms with Crippen LogP contribution in [0, 0.1) is 0 Å². The lowest BCUT2D eigenvalue weighted by Gasteiger charge is -2.37. The van der Waals surface area contributed by atoms with Crippen LogP contribution < -0.4 is 15.5 Å². The number of hydrogen-bond donors (Lipinski definition) is 3. The molecule has 0 aliphatic carbocycles. The van der Waals surface area contributed by atoms with Gasteiger partial charge in [-0.2, -0.15) is 0 Å². The van der Waals surface area contributed by atoms with Crippen LogP contribution in [-0.4, -0.2) is 91.2 Å². The molecule has 0 aromatic heterocycles. The molecular formula is C24H37N5O3. The number of carbonyl (C=O) groups is 2. The van der Waals surface area contributed by atoms with Crippen LogP contribution in [0.5, 0.6) is 0 Å². The van der Waals surface area contributed by atoms with Crippen molar-refractivity contribution in [2.45, 2.75) is 62.9 Å². The fraction of sp³-hybridized carbons (Fsp3) is 0.667. The minimum atomic E-state index is -0.270. The summed E-state index contributed by atoms with van der Waals surface area (Å²) in [5.41, 5.74) is 2.42. The number of aliphatic hydroxyl groups excluding tert-OH is 1. The molecule has 3 atom stereocenters. The Morgan fingerprint density at radius 2 is 1.94 bits per heavy atom. The normalized spacial score (nSPS) is 26.7. The van der Waals surface area contributed by atoms with E-state index in [2.05, 4.69) is 44.7 Å². The molecule has 3 heterocycles. The van der Waals surface area contributed by atoms with Crippen LogP contribution in [0.3, 0.4) is 0 Å². The molecule has 0 spiro atoms. The topological polar surface area (TPSA) is 88.2 Å². The number of piperidine rings is 1. The molecule has 0 radical (unpaired) electrons. The fourth-order valence-electron chi connectivity index (χ4n) is 5.13. The van der Waals surface area contributed by atoms with Gasteiger partial charge in [-0.1, -0.05) is 12.1 Å². The van der Waals surface area contributed by atoms with Crippen LogP contribution in [0.1, 0.15) is 37.7 Å². The highest BCUT2D eigenvalue weighted by Gasteiger charge is 2.43. The van der Waals surface area contributed by atoms with Crippen LogP contribution in [0.2, 0.25) is 0 Å². The molecule has 3 fully saturated rings. The van der Waals surface area contributed by atoms with E-state index in [0.29, 0.717) is 38.9 Å². The van der Waals surface area contributed by atoms with E-state index in [1.54, 1.807) is 0 Å². The second kappa shape index (κ2) is 10.2. The summed E-state index contributed by atoms with van der Waals surface area (Å²) >= 11 is 0. The lowest BCUT2D eigenvalue weighted by molar-refractivity contribution is -0.134. The number of nitrogens with zero attached hydrogens (tertiary/aromatic N) is 3. The van der Waals surface area contributed by atoms with Crippen molar-refractivity contribution in [3.8, 4) is 0 Å². The summed E-state index contributed by atoms with van der Waals surface area (Å²) in [5, 5.41) is 16.3. The summed E-state index contributed by atoms with van der Waals surface area (Å²) < 4.78 is 0. The van der Waals surface area contributed by atoms with Gasteiger partial charge in [0.2, 0.25) is 11.8 Å². The monoisotopic (exact) mass is 443 g/mol. The molecular weight excluding hydrogens is 406 g/mol. The minimum absolute atomic E-state index is 0.109. The van der Waals surface area contributed by atoms with Crippen molar-refractivity contribution in [3.63, 3.8) is 0 Å². The summed E-state index contributed by atoms with van der Waals surface area (Å²) in [7, 11) is 4.07. The maximum atomic E-state index is 12.6. The van der Waals surface area contributed by atoms with Crippen molar-refractivity contribution in [2.24, 2.45) is 0 Å². The Morgan fingerprint density at radius 1 is 1.22 bits per heavy atom. The first-order valence-corrected chi connectivity index (χ1v) is 11.9.